The first-order valence-electron chi connectivity index (χ1n) is 7.89. The Morgan fingerprint density at radius 2 is 1.90 bits per heavy atom. The summed E-state index contributed by atoms with van der Waals surface area (Å²) in [5.74, 6) is 0.783. The van der Waals surface area contributed by atoms with Gasteiger partial charge in [0.2, 0.25) is 0 Å². The summed E-state index contributed by atoms with van der Waals surface area (Å²) in [7, 11) is 0. The zero-order chi connectivity index (χ0) is 14.8. The molecule has 1 fully saturated rings. The van der Waals surface area contributed by atoms with Crippen LogP contribution in [0, 0.1) is 11.3 Å². The molecule has 1 nitrogen and oxygen atoms in total. The Labute approximate surface area is 132 Å². The summed E-state index contributed by atoms with van der Waals surface area (Å²) in [5.41, 5.74) is 1.77. The van der Waals surface area contributed by atoms with E-state index in [1.165, 1.54) is 35.7 Å². The maximum atomic E-state index is 3.90. The standard InChI is InChI=1S/C18H28BrN/c1-13(14-8-7-9-15(19)12-14)20-17-11-6-5-10-16(17)18(2,3)4/h7-9,12-13,16-17,20H,5-6,10-11H2,1-4H3/t13-,16?,17?/m1/s1. The van der Waals surface area contributed by atoms with Crippen LogP contribution in [0.3, 0.4) is 0 Å². The summed E-state index contributed by atoms with van der Waals surface area (Å²) in [5, 5.41) is 3.90. The molecule has 0 spiro atoms. The van der Waals surface area contributed by atoms with Crippen molar-refractivity contribution in [3.05, 3.63) is 34.3 Å². The van der Waals surface area contributed by atoms with Gasteiger partial charge in [-0.3, -0.25) is 0 Å². The third kappa shape index (κ3) is 4.08. The van der Waals surface area contributed by atoms with E-state index < -0.39 is 0 Å². The summed E-state index contributed by atoms with van der Waals surface area (Å²) < 4.78 is 1.17. The second-order valence-electron chi connectivity index (χ2n) is 7.31. The molecule has 2 rings (SSSR count). The number of hydrogen-bond donors (Lipinski definition) is 1. The lowest BCUT2D eigenvalue weighted by Crippen LogP contribution is -2.45. The molecule has 0 amide bonds. The molecule has 0 saturated heterocycles. The number of halogens is 1. The fraction of sp³-hybridized carbons (Fsp3) is 0.667. The van der Waals surface area contributed by atoms with Crippen LogP contribution in [0.5, 0.6) is 0 Å². The van der Waals surface area contributed by atoms with Crippen molar-refractivity contribution < 1.29 is 0 Å². The first-order valence-corrected chi connectivity index (χ1v) is 8.69. The van der Waals surface area contributed by atoms with Gasteiger partial charge in [-0.15, -0.1) is 0 Å². The van der Waals surface area contributed by atoms with Crippen LogP contribution in [0.25, 0.3) is 0 Å². The molecule has 112 valence electrons. The molecule has 1 aromatic rings. The zero-order valence-electron chi connectivity index (χ0n) is 13.2. The maximum absolute atomic E-state index is 3.90. The summed E-state index contributed by atoms with van der Waals surface area (Å²) in [4.78, 5) is 0. The minimum Gasteiger partial charge on any atom is -0.307 e. The number of benzene rings is 1. The van der Waals surface area contributed by atoms with Crippen molar-refractivity contribution in [2.24, 2.45) is 11.3 Å². The average molecular weight is 338 g/mol. The van der Waals surface area contributed by atoms with E-state index in [0.29, 0.717) is 17.5 Å². The highest BCUT2D eigenvalue weighted by Gasteiger charge is 2.34. The van der Waals surface area contributed by atoms with Gasteiger partial charge in [0.1, 0.15) is 0 Å². The van der Waals surface area contributed by atoms with Crippen molar-refractivity contribution in [3.63, 3.8) is 0 Å². The molecule has 1 N–H and O–H groups in total. The molecule has 1 saturated carbocycles. The first-order chi connectivity index (χ1) is 9.38. The third-order valence-corrected chi connectivity index (χ3v) is 5.18. The van der Waals surface area contributed by atoms with Gasteiger partial charge in [0, 0.05) is 16.6 Å². The van der Waals surface area contributed by atoms with E-state index in [9.17, 15) is 0 Å². The fourth-order valence-electron chi connectivity index (χ4n) is 3.56. The largest absolute Gasteiger partial charge is 0.307 e. The van der Waals surface area contributed by atoms with Crippen molar-refractivity contribution in [1.29, 1.82) is 0 Å². The molecule has 3 atom stereocenters. The fourth-order valence-corrected chi connectivity index (χ4v) is 3.98. The van der Waals surface area contributed by atoms with Gasteiger partial charge in [-0.1, -0.05) is 61.7 Å². The minimum absolute atomic E-state index is 0.398. The van der Waals surface area contributed by atoms with Crippen LogP contribution in [-0.2, 0) is 0 Å². The van der Waals surface area contributed by atoms with E-state index in [2.05, 4.69) is 73.2 Å². The van der Waals surface area contributed by atoms with Crippen LogP contribution in [0.1, 0.15) is 65.0 Å². The summed E-state index contributed by atoms with van der Waals surface area (Å²) >= 11 is 3.57. The van der Waals surface area contributed by atoms with Crippen molar-refractivity contribution in [3.8, 4) is 0 Å². The Hall–Kier alpha value is -0.340. The van der Waals surface area contributed by atoms with Crippen LogP contribution in [0.4, 0.5) is 0 Å². The monoisotopic (exact) mass is 337 g/mol. The molecular formula is C18H28BrN. The molecule has 2 heteroatoms. The smallest absolute Gasteiger partial charge is 0.0294 e. The highest BCUT2D eigenvalue weighted by atomic mass is 79.9. The van der Waals surface area contributed by atoms with Gasteiger partial charge in [-0.25, -0.2) is 0 Å². The Morgan fingerprint density at radius 3 is 2.55 bits per heavy atom. The van der Waals surface area contributed by atoms with Crippen molar-refractivity contribution >= 4 is 15.9 Å². The SMILES string of the molecule is C[C@@H](NC1CCCCC1C(C)(C)C)c1cccc(Br)c1. The second kappa shape index (κ2) is 6.62. The van der Waals surface area contributed by atoms with Crippen molar-refractivity contribution in [1.82, 2.24) is 5.32 Å². The van der Waals surface area contributed by atoms with Crippen LogP contribution < -0.4 is 5.32 Å². The minimum atomic E-state index is 0.398. The van der Waals surface area contributed by atoms with E-state index in [1.807, 2.05) is 0 Å². The van der Waals surface area contributed by atoms with Gasteiger partial charge in [-0.05, 0) is 48.8 Å². The summed E-state index contributed by atoms with van der Waals surface area (Å²) in [6, 6.07) is 9.73. The van der Waals surface area contributed by atoms with Gasteiger partial charge < -0.3 is 5.32 Å². The highest BCUT2D eigenvalue weighted by Crippen LogP contribution is 2.38. The normalized spacial score (nSPS) is 25.4. The molecule has 2 unspecified atom stereocenters. The van der Waals surface area contributed by atoms with Gasteiger partial charge in [-0.2, -0.15) is 0 Å². The predicted octanol–water partition coefficient (Wildman–Crippen LogP) is 5.70. The Kier molecular flexibility index (Phi) is 5.30. The molecule has 0 radical (unpaired) electrons. The lowest BCUT2D eigenvalue weighted by molar-refractivity contribution is 0.124. The molecule has 1 aliphatic rings. The van der Waals surface area contributed by atoms with Crippen LogP contribution >= 0.6 is 15.9 Å². The van der Waals surface area contributed by atoms with Crippen LogP contribution in [0.2, 0.25) is 0 Å². The molecule has 0 aromatic heterocycles. The lowest BCUT2D eigenvalue weighted by atomic mass is 9.69. The van der Waals surface area contributed by atoms with Gasteiger partial charge >= 0.3 is 0 Å². The van der Waals surface area contributed by atoms with E-state index in [4.69, 9.17) is 0 Å². The molecule has 1 aliphatic carbocycles. The van der Waals surface area contributed by atoms with Crippen LogP contribution in [0.15, 0.2) is 28.7 Å². The van der Waals surface area contributed by atoms with E-state index >= 15 is 0 Å². The molecule has 0 heterocycles. The maximum Gasteiger partial charge on any atom is 0.0294 e. The topological polar surface area (TPSA) is 12.0 Å². The molecule has 0 bridgehead atoms. The Balaban J connectivity index is 2.07. The Morgan fingerprint density at radius 1 is 1.20 bits per heavy atom. The van der Waals surface area contributed by atoms with Gasteiger partial charge in [0.15, 0.2) is 0 Å². The van der Waals surface area contributed by atoms with Gasteiger partial charge in [0.25, 0.3) is 0 Å². The number of hydrogen-bond acceptors (Lipinski definition) is 1. The second-order valence-corrected chi connectivity index (χ2v) is 8.22. The first kappa shape index (κ1) is 16.0. The van der Waals surface area contributed by atoms with Crippen molar-refractivity contribution in [2.75, 3.05) is 0 Å². The molecule has 0 aliphatic heterocycles. The summed E-state index contributed by atoms with van der Waals surface area (Å²) in [6.45, 7) is 9.46. The van der Waals surface area contributed by atoms with Gasteiger partial charge in [0.05, 0.1) is 0 Å². The molecular weight excluding hydrogens is 310 g/mol. The van der Waals surface area contributed by atoms with Crippen molar-refractivity contribution in [2.45, 2.75) is 65.5 Å². The quantitative estimate of drug-likeness (QED) is 0.745. The van der Waals surface area contributed by atoms with E-state index in [0.717, 1.165) is 5.92 Å². The lowest BCUT2D eigenvalue weighted by Gasteiger charge is -2.42. The number of nitrogens with one attached hydrogen (secondary N) is 1. The highest BCUT2D eigenvalue weighted by molar-refractivity contribution is 9.10. The third-order valence-electron chi connectivity index (χ3n) is 4.69. The Bertz CT molecular complexity index is 435. The van der Waals surface area contributed by atoms with E-state index in [-0.39, 0.29) is 0 Å². The average Bonchev–Trinajstić information content (AvgIpc) is 2.38. The molecule has 20 heavy (non-hydrogen) atoms. The van der Waals surface area contributed by atoms with E-state index in [1.54, 1.807) is 0 Å². The zero-order valence-corrected chi connectivity index (χ0v) is 14.8. The van der Waals surface area contributed by atoms with Crippen LogP contribution in [-0.4, -0.2) is 6.04 Å². The molecule has 1 aromatic carbocycles. The predicted molar refractivity (Wildman–Crippen MR) is 90.9 cm³/mol. The number of rotatable bonds is 3. The summed E-state index contributed by atoms with van der Waals surface area (Å²) in [6.07, 6.45) is 5.45.